The van der Waals surface area contributed by atoms with Gasteiger partial charge in [0.15, 0.2) is 0 Å². The van der Waals surface area contributed by atoms with E-state index in [9.17, 15) is 0 Å². The van der Waals surface area contributed by atoms with E-state index in [2.05, 4.69) is 358 Å². The Morgan fingerprint density at radius 1 is 0.220 bits per heavy atom. The zero-order chi connectivity index (χ0) is 66.0. The van der Waals surface area contributed by atoms with E-state index in [4.69, 9.17) is 14.4 Å². The van der Waals surface area contributed by atoms with E-state index in [-0.39, 0.29) is 0 Å². The van der Waals surface area contributed by atoms with Crippen LogP contribution in [0.25, 0.3) is 196 Å². The Bertz CT molecular complexity index is 6400. The number of pyridine rings is 2. The highest BCUT2D eigenvalue weighted by molar-refractivity contribution is 7.26. The fraction of sp³-hybridized carbons (Fsp3) is 0. The van der Waals surface area contributed by atoms with E-state index in [0.717, 1.165) is 55.8 Å². The van der Waals surface area contributed by atoms with Gasteiger partial charge in [-0.05, 0) is 157 Å². The summed E-state index contributed by atoms with van der Waals surface area (Å²) in [6, 6.07) is 126. The minimum absolute atomic E-state index is 0.906. The summed E-state index contributed by atoms with van der Waals surface area (Å²) in [6.07, 6.45) is 4.10. The number of hydrogen-bond donors (Lipinski definition) is 0. The highest BCUT2D eigenvalue weighted by Gasteiger charge is 2.21. The first-order valence-electron chi connectivity index (χ1n) is 34.1. The van der Waals surface area contributed by atoms with Crippen LogP contribution in [0.5, 0.6) is 0 Å². The predicted octanol–water partition coefficient (Wildman–Crippen LogP) is 27.2. The highest BCUT2D eigenvalue weighted by Crippen LogP contribution is 2.48. The molecule has 0 aliphatic rings. The van der Waals surface area contributed by atoms with E-state index in [0.29, 0.717) is 0 Å². The van der Waals surface area contributed by atoms with Crippen LogP contribution < -0.4 is 0 Å². The summed E-state index contributed by atoms with van der Waals surface area (Å²) in [7, 11) is 0. The number of thiophene rings is 1. The lowest BCUT2D eigenvalue weighted by atomic mass is 9.86. The van der Waals surface area contributed by atoms with Gasteiger partial charge in [0.25, 0.3) is 0 Å². The van der Waals surface area contributed by atoms with Crippen LogP contribution in [-0.4, -0.2) is 9.97 Å². The first-order chi connectivity index (χ1) is 49.6. The second-order valence-corrected chi connectivity index (χ2v) is 26.8. The number of hydrogen-bond acceptors (Lipinski definition) is 4. The molecule has 0 aliphatic carbocycles. The van der Waals surface area contributed by atoms with Crippen LogP contribution in [-0.2, 0) is 0 Å². The molecular weight excluding hydrogens is 1230 g/mol. The van der Waals surface area contributed by atoms with Gasteiger partial charge in [0, 0.05) is 65.6 Å². The molecule has 0 saturated heterocycles. The Hall–Kier alpha value is -12.9. The number of nitrogens with zero attached hydrogens (tertiary/aromatic N) is 2. The molecule has 3 nitrogen and oxygen atoms in total. The zero-order valence-electron chi connectivity index (χ0n) is 54.4. The molecule has 0 saturated carbocycles. The normalized spacial score (nSPS) is 11.6. The maximum absolute atomic E-state index is 6.25. The lowest BCUT2D eigenvalue weighted by molar-refractivity contribution is 0.669. The Morgan fingerprint density at radius 2 is 0.590 bits per heavy atom. The number of aromatic nitrogens is 2. The average Bonchev–Trinajstić information content (AvgIpc) is 1.09. The molecule has 4 aromatic heterocycles. The van der Waals surface area contributed by atoms with Crippen molar-refractivity contribution in [3.05, 3.63) is 364 Å². The number of fused-ring (bicyclic) bond motifs is 12. The lowest BCUT2D eigenvalue weighted by Gasteiger charge is -2.18. The van der Waals surface area contributed by atoms with Crippen molar-refractivity contribution in [1.29, 1.82) is 0 Å². The molecule has 0 amide bonds. The molecule has 4 heterocycles. The summed E-state index contributed by atoms with van der Waals surface area (Å²) in [6.45, 7) is 0. The lowest BCUT2D eigenvalue weighted by Crippen LogP contribution is -1.92. The Balaban J connectivity index is 0.000000142. The van der Waals surface area contributed by atoms with Crippen molar-refractivity contribution in [2.75, 3.05) is 0 Å². The monoisotopic (exact) mass is 1290 g/mol. The molecule has 20 aromatic rings. The van der Waals surface area contributed by atoms with Crippen LogP contribution in [0.3, 0.4) is 0 Å². The molecule has 0 N–H and O–H groups in total. The summed E-state index contributed by atoms with van der Waals surface area (Å²) in [5.41, 5.74) is 22.9. The first-order valence-corrected chi connectivity index (χ1v) is 34.9. The van der Waals surface area contributed by atoms with Gasteiger partial charge in [-0.1, -0.05) is 315 Å². The molecule has 20 rings (SSSR count). The minimum atomic E-state index is 0.906. The van der Waals surface area contributed by atoms with Gasteiger partial charge in [-0.3, -0.25) is 9.97 Å². The topological polar surface area (TPSA) is 38.9 Å². The second-order valence-electron chi connectivity index (χ2n) is 25.8. The standard InChI is InChI=1S/C53H33NO.C43H27NS/c1-2-10-34(11-3-1)35-20-24-39(25-21-35)51-43-14-6-8-16-45(43)52(46-17-9-7-15-44(46)51)41-26-29-48(54-33-41)38-22-18-36(19-23-38)40-28-30-49-47(32-40)53-42-13-5-4-12-37(42)27-31-50(53)55-49;1-2-11-28(12-3-1)29-21-23-30(24-22-29)41-33-14-4-6-16-35(33)42(36-17-7-5-15-34(36)41)31-25-26-39(44-27-31)38-19-10-18-37-32-13-8-9-20-40(32)45-43(37)38/h1-33H;1-27H. The van der Waals surface area contributed by atoms with Gasteiger partial charge in [0.05, 0.1) is 11.4 Å². The average molecular weight is 1290 g/mol. The third-order valence-corrected chi connectivity index (χ3v) is 21.3. The predicted molar refractivity (Wildman–Crippen MR) is 425 cm³/mol. The number of benzene rings is 16. The van der Waals surface area contributed by atoms with Gasteiger partial charge in [0.1, 0.15) is 11.2 Å². The molecular formula is C96H60N2OS. The van der Waals surface area contributed by atoms with Crippen LogP contribution >= 0.6 is 11.3 Å². The summed E-state index contributed by atoms with van der Waals surface area (Å²) < 4.78 is 8.85. The summed E-state index contributed by atoms with van der Waals surface area (Å²) in [5.74, 6) is 0. The van der Waals surface area contributed by atoms with Crippen molar-refractivity contribution in [1.82, 2.24) is 9.97 Å². The molecule has 0 unspecified atom stereocenters. The van der Waals surface area contributed by atoms with Gasteiger partial charge in [-0.25, -0.2) is 0 Å². The van der Waals surface area contributed by atoms with Gasteiger partial charge < -0.3 is 4.42 Å². The maximum Gasteiger partial charge on any atom is 0.136 e. The molecule has 100 heavy (non-hydrogen) atoms. The summed E-state index contributed by atoms with van der Waals surface area (Å²) in [4.78, 5) is 10.1. The summed E-state index contributed by atoms with van der Waals surface area (Å²) >= 11 is 1.85. The van der Waals surface area contributed by atoms with Gasteiger partial charge >= 0.3 is 0 Å². The molecule has 0 atom stereocenters. The first kappa shape index (κ1) is 58.5. The summed E-state index contributed by atoms with van der Waals surface area (Å²) in [5, 5.41) is 17.2. The Morgan fingerprint density at radius 3 is 1.09 bits per heavy atom. The number of furan rings is 1. The van der Waals surface area contributed by atoms with Crippen LogP contribution in [0.1, 0.15) is 0 Å². The van der Waals surface area contributed by atoms with Crippen LogP contribution in [0.4, 0.5) is 0 Å². The minimum Gasteiger partial charge on any atom is -0.456 e. The smallest absolute Gasteiger partial charge is 0.136 e. The fourth-order valence-corrected chi connectivity index (χ4v) is 16.6. The third kappa shape index (κ3) is 10.2. The number of rotatable bonds is 9. The fourth-order valence-electron chi connectivity index (χ4n) is 15.3. The molecule has 0 bridgehead atoms. The van der Waals surface area contributed by atoms with Crippen molar-refractivity contribution in [2.24, 2.45) is 0 Å². The largest absolute Gasteiger partial charge is 0.456 e. The molecule has 0 aliphatic heterocycles. The van der Waals surface area contributed by atoms with Gasteiger partial charge in [-0.2, -0.15) is 0 Å². The van der Waals surface area contributed by atoms with Crippen LogP contribution in [0, 0.1) is 0 Å². The van der Waals surface area contributed by atoms with E-state index < -0.39 is 0 Å². The van der Waals surface area contributed by atoms with Crippen LogP contribution in [0.15, 0.2) is 369 Å². The van der Waals surface area contributed by atoms with Gasteiger partial charge in [0.2, 0.25) is 0 Å². The van der Waals surface area contributed by atoms with Gasteiger partial charge in [-0.15, -0.1) is 11.3 Å². The van der Waals surface area contributed by atoms with E-state index in [1.165, 1.54) is 141 Å². The van der Waals surface area contributed by atoms with Crippen molar-refractivity contribution in [3.63, 3.8) is 0 Å². The molecule has 16 aromatic carbocycles. The highest BCUT2D eigenvalue weighted by atomic mass is 32.1. The molecule has 4 heteroatoms. The van der Waals surface area contributed by atoms with Crippen molar-refractivity contribution in [3.8, 4) is 100 Å². The Labute approximate surface area is 582 Å². The van der Waals surface area contributed by atoms with Crippen molar-refractivity contribution in [2.45, 2.75) is 0 Å². The van der Waals surface area contributed by atoms with Crippen LogP contribution in [0.2, 0.25) is 0 Å². The zero-order valence-corrected chi connectivity index (χ0v) is 55.2. The van der Waals surface area contributed by atoms with E-state index in [1.54, 1.807) is 0 Å². The quantitative estimate of drug-likeness (QED) is 0.135. The van der Waals surface area contributed by atoms with Crippen molar-refractivity contribution < 1.29 is 4.42 Å². The molecule has 0 fully saturated rings. The Kier molecular flexibility index (Phi) is 14.4. The molecule has 0 spiro atoms. The molecule has 466 valence electrons. The molecule has 0 radical (unpaired) electrons. The van der Waals surface area contributed by atoms with E-state index in [1.807, 2.05) is 17.5 Å². The SMILES string of the molecule is c1ccc(-c2ccc(-c3c4ccccc4c(-c4ccc(-c5ccc(-c6ccc7oc8ccc9ccccc9c8c7c6)cc5)nc4)c4ccccc34)cc2)cc1.c1ccc(-c2ccc(-c3c4ccccc4c(-c4ccc(-c5cccc6c5sc5ccccc56)nc4)c4ccccc34)cc2)cc1. The second kappa shape index (κ2) is 24.7. The van der Waals surface area contributed by atoms with E-state index >= 15 is 0 Å². The maximum atomic E-state index is 6.25. The third-order valence-electron chi connectivity index (χ3n) is 20.1. The van der Waals surface area contributed by atoms with Crippen molar-refractivity contribution >= 4 is 107 Å².